The van der Waals surface area contributed by atoms with E-state index in [0.29, 0.717) is 6.54 Å². The van der Waals surface area contributed by atoms with Crippen LogP contribution in [0.1, 0.15) is 29.5 Å². The van der Waals surface area contributed by atoms with Crippen molar-refractivity contribution in [2.24, 2.45) is 5.92 Å². The maximum Gasteiger partial charge on any atom is 0.227 e. The van der Waals surface area contributed by atoms with E-state index < -0.39 is 0 Å². The Bertz CT molecular complexity index is 751. The van der Waals surface area contributed by atoms with Crippen molar-refractivity contribution in [3.05, 3.63) is 65.0 Å². The summed E-state index contributed by atoms with van der Waals surface area (Å²) in [6, 6.07) is 12.9. The second-order valence-corrected chi connectivity index (χ2v) is 6.93. The van der Waals surface area contributed by atoms with E-state index in [1.807, 2.05) is 37.3 Å². The lowest BCUT2D eigenvalue weighted by atomic mass is 9.95. The number of piperidine rings is 1. The minimum atomic E-state index is -0.155. The van der Waals surface area contributed by atoms with Gasteiger partial charge in [-0.3, -0.25) is 9.69 Å². The zero-order valence-electron chi connectivity index (χ0n) is 14.9. The van der Waals surface area contributed by atoms with Gasteiger partial charge in [0.2, 0.25) is 5.91 Å². The monoisotopic (exact) mass is 340 g/mol. The summed E-state index contributed by atoms with van der Waals surface area (Å²) in [5.41, 5.74) is 3.99. The Morgan fingerprint density at radius 1 is 1.12 bits per heavy atom. The molecule has 0 atom stereocenters. The third-order valence-corrected chi connectivity index (χ3v) is 5.08. The molecular formula is C21H25FN2O. The Labute approximate surface area is 148 Å². The first kappa shape index (κ1) is 17.6. The van der Waals surface area contributed by atoms with Crippen LogP contribution in [0.25, 0.3) is 0 Å². The average molecular weight is 340 g/mol. The van der Waals surface area contributed by atoms with Crippen LogP contribution in [0.5, 0.6) is 0 Å². The van der Waals surface area contributed by atoms with E-state index in [0.717, 1.165) is 37.2 Å². The fraction of sp³-hybridized carbons (Fsp3) is 0.381. The number of rotatable bonds is 4. The predicted octanol–water partition coefficient (Wildman–Crippen LogP) is 4.29. The summed E-state index contributed by atoms with van der Waals surface area (Å²) in [7, 11) is 0. The quantitative estimate of drug-likeness (QED) is 0.900. The van der Waals surface area contributed by atoms with Gasteiger partial charge in [0.15, 0.2) is 0 Å². The second-order valence-electron chi connectivity index (χ2n) is 6.93. The third kappa shape index (κ3) is 4.45. The first-order chi connectivity index (χ1) is 12.0. The van der Waals surface area contributed by atoms with Crippen molar-refractivity contribution in [1.82, 2.24) is 4.90 Å². The van der Waals surface area contributed by atoms with Crippen molar-refractivity contribution < 1.29 is 9.18 Å². The van der Waals surface area contributed by atoms with Gasteiger partial charge in [-0.1, -0.05) is 24.3 Å². The van der Waals surface area contributed by atoms with Crippen molar-refractivity contribution in [1.29, 1.82) is 0 Å². The summed E-state index contributed by atoms with van der Waals surface area (Å²) in [4.78, 5) is 14.7. The molecule has 0 unspecified atom stereocenters. The van der Waals surface area contributed by atoms with Gasteiger partial charge in [-0.2, -0.15) is 0 Å². The number of carbonyl (C=O) groups excluding carboxylic acids is 1. The molecule has 1 N–H and O–H groups in total. The summed E-state index contributed by atoms with van der Waals surface area (Å²) in [6.45, 7) is 6.36. The highest BCUT2D eigenvalue weighted by Gasteiger charge is 2.25. The van der Waals surface area contributed by atoms with Crippen LogP contribution in [0.4, 0.5) is 10.1 Å². The molecule has 1 aliphatic rings. The molecule has 3 nitrogen and oxygen atoms in total. The first-order valence-electron chi connectivity index (χ1n) is 8.87. The molecule has 1 saturated heterocycles. The smallest absolute Gasteiger partial charge is 0.227 e. The van der Waals surface area contributed by atoms with Crippen LogP contribution in [0.15, 0.2) is 42.5 Å². The lowest BCUT2D eigenvalue weighted by molar-refractivity contribution is -0.121. The summed E-state index contributed by atoms with van der Waals surface area (Å²) >= 11 is 0. The van der Waals surface area contributed by atoms with Gasteiger partial charge in [0, 0.05) is 23.7 Å². The number of aryl methyl sites for hydroxylation is 2. The van der Waals surface area contributed by atoms with Gasteiger partial charge in [-0.05, 0) is 69.1 Å². The minimum Gasteiger partial charge on any atom is -0.326 e. The van der Waals surface area contributed by atoms with E-state index in [1.165, 1.54) is 17.2 Å². The van der Waals surface area contributed by atoms with Crippen LogP contribution in [0.3, 0.4) is 0 Å². The zero-order chi connectivity index (χ0) is 17.8. The summed E-state index contributed by atoms with van der Waals surface area (Å²) in [6.07, 6.45) is 1.62. The number of hydrogen-bond donors (Lipinski definition) is 1. The minimum absolute atomic E-state index is 0.0264. The van der Waals surface area contributed by atoms with E-state index >= 15 is 0 Å². The van der Waals surface area contributed by atoms with E-state index in [1.54, 1.807) is 6.07 Å². The number of hydrogen-bond acceptors (Lipinski definition) is 2. The Hall–Kier alpha value is -2.20. The number of halogens is 1. The number of anilines is 1. The van der Waals surface area contributed by atoms with Gasteiger partial charge in [0.05, 0.1) is 0 Å². The molecule has 132 valence electrons. The second kappa shape index (κ2) is 7.79. The van der Waals surface area contributed by atoms with Crippen molar-refractivity contribution >= 4 is 11.6 Å². The van der Waals surface area contributed by atoms with Crippen molar-refractivity contribution in [2.45, 2.75) is 33.2 Å². The van der Waals surface area contributed by atoms with Gasteiger partial charge < -0.3 is 5.32 Å². The molecule has 0 radical (unpaired) electrons. The molecular weight excluding hydrogens is 315 g/mol. The number of likely N-dealkylation sites (tertiary alicyclic amines) is 1. The number of nitrogens with one attached hydrogen (secondary N) is 1. The first-order valence-corrected chi connectivity index (χ1v) is 8.87. The van der Waals surface area contributed by atoms with Crippen molar-refractivity contribution in [3.8, 4) is 0 Å². The molecule has 1 amide bonds. The van der Waals surface area contributed by atoms with Crippen LogP contribution < -0.4 is 5.32 Å². The standard InChI is InChI=1S/C21H25FN2O/c1-15-7-8-19(13-16(15)2)23-21(25)17-9-11-24(12-10-17)14-18-5-3-4-6-20(18)22/h3-8,13,17H,9-12,14H2,1-2H3,(H,23,25). The lowest BCUT2D eigenvalue weighted by Crippen LogP contribution is -2.37. The SMILES string of the molecule is Cc1ccc(NC(=O)C2CCN(Cc3ccccc3F)CC2)cc1C. The molecule has 3 rings (SSSR count). The molecule has 2 aromatic carbocycles. The third-order valence-electron chi connectivity index (χ3n) is 5.08. The molecule has 4 heteroatoms. The lowest BCUT2D eigenvalue weighted by Gasteiger charge is -2.31. The average Bonchev–Trinajstić information content (AvgIpc) is 2.61. The van der Waals surface area contributed by atoms with Crippen molar-refractivity contribution in [2.75, 3.05) is 18.4 Å². The maximum atomic E-state index is 13.8. The van der Waals surface area contributed by atoms with Crippen LogP contribution in [0, 0.1) is 25.6 Å². The van der Waals surface area contributed by atoms with Crippen LogP contribution in [-0.2, 0) is 11.3 Å². The number of nitrogens with zero attached hydrogens (tertiary/aromatic N) is 1. The molecule has 2 aromatic rings. The van der Waals surface area contributed by atoms with Crippen LogP contribution in [-0.4, -0.2) is 23.9 Å². The molecule has 1 aliphatic heterocycles. The Morgan fingerprint density at radius 3 is 2.52 bits per heavy atom. The number of amides is 1. The highest BCUT2D eigenvalue weighted by molar-refractivity contribution is 5.92. The van der Waals surface area contributed by atoms with E-state index in [-0.39, 0.29) is 17.6 Å². The Balaban J connectivity index is 1.52. The zero-order valence-corrected chi connectivity index (χ0v) is 14.9. The fourth-order valence-electron chi connectivity index (χ4n) is 3.28. The normalized spacial score (nSPS) is 16.0. The van der Waals surface area contributed by atoms with Gasteiger partial charge in [0.1, 0.15) is 5.82 Å². The molecule has 1 heterocycles. The molecule has 1 fully saturated rings. The largest absolute Gasteiger partial charge is 0.326 e. The van der Waals surface area contributed by atoms with Crippen LogP contribution in [0.2, 0.25) is 0 Å². The Morgan fingerprint density at radius 2 is 1.84 bits per heavy atom. The molecule has 0 aliphatic carbocycles. The van der Waals surface area contributed by atoms with Gasteiger partial charge in [-0.25, -0.2) is 4.39 Å². The van der Waals surface area contributed by atoms with E-state index in [2.05, 4.69) is 17.1 Å². The van der Waals surface area contributed by atoms with Crippen LogP contribution >= 0.6 is 0 Å². The van der Waals surface area contributed by atoms with Crippen molar-refractivity contribution in [3.63, 3.8) is 0 Å². The van der Waals surface area contributed by atoms with E-state index in [4.69, 9.17) is 0 Å². The topological polar surface area (TPSA) is 32.3 Å². The van der Waals surface area contributed by atoms with Gasteiger partial charge >= 0.3 is 0 Å². The van der Waals surface area contributed by atoms with Gasteiger partial charge in [-0.15, -0.1) is 0 Å². The highest BCUT2D eigenvalue weighted by atomic mass is 19.1. The molecule has 0 bridgehead atoms. The molecule has 0 saturated carbocycles. The van der Waals surface area contributed by atoms with E-state index in [9.17, 15) is 9.18 Å². The Kier molecular flexibility index (Phi) is 5.49. The number of benzene rings is 2. The highest BCUT2D eigenvalue weighted by Crippen LogP contribution is 2.22. The number of carbonyl (C=O) groups is 1. The van der Waals surface area contributed by atoms with Gasteiger partial charge in [0.25, 0.3) is 0 Å². The summed E-state index contributed by atoms with van der Waals surface area (Å²) in [5, 5.41) is 3.04. The summed E-state index contributed by atoms with van der Waals surface area (Å²) < 4.78 is 13.8. The molecule has 0 spiro atoms. The molecule has 25 heavy (non-hydrogen) atoms. The fourth-order valence-corrected chi connectivity index (χ4v) is 3.28. The summed E-state index contributed by atoms with van der Waals surface area (Å²) in [5.74, 6) is -0.0376. The maximum absolute atomic E-state index is 13.8. The predicted molar refractivity (Wildman–Crippen MR) is 98.9 cm³/mol. The molecule has 0 aromatic heterocycles.